The van der Waals surface area contributed by atoms with Crippen molar-refractivity contribution in [3.63, 3.8) is 0 Å². The largest absolute Gasteiger partial charge is 0.444 e. The first-order valence-electron chi connectivity index (χ1n) is 17.6. The molecule has 4 heterocycles. The van der Waals surface area contributed by atoms with Gasteiger partial charge >= 0.3 is 6.09 Å². The van der Waals surface area contributed by atoms with Crippen LogP contribution in [0.25, 0.3) is 22.4 Å². The summed E-state index contributed by atoms with van der Waals surface area (Å²) >= 11 is 0. The number of rotatable bonds is 7. The number of imidazole rings is 2. The average molecular weight is 682 g/mol. The monoisotopic (exact) mass is 681 g/mol. The number of H-pyrrole nitrogens is 2. The normalized spacial score (nSPS) is 17.8. The molecule has 260 valence electrons. The molecule has 10 heteroatoms. The Morgan fingerprint density at radius 1 is 0.843 bits per heavy atom. The number of nitrogens with zero attached hydrogens (tertiary/aromatic N) is 3. The van der Waals surface area contributed by atoms with Gasteiger partial charge in [0.2, 0.25) is 0 Å². The fourth-order valence-electron chi connectivity index (χ4n) is 6.71. The van der Waals surface area contributed by atoms with Gasteiger partial charge in [0, 0.05) is 12.1 Å². The highest BCUT2D eigenvalue weighted by Crippen LogP contribution is 2.33. The lowest BCUT2D eigenvalue weighted by Crippen LogP contribution is -2.44. The number of aromatic nitrogens is 4. The molecule has 0 radical (unpaired) electrons. The fourth-order valence-corrected chi connectivity index (χ4v) is 6.71. The second-order valence-corrected chi connectivity index (χ2v) is 14.1. The van der Waals surface area contributed by atoms with Crippen molar-refractivity contribution in [2.24, 2.45) is 0 Å². The standard InChI is InChI=1S/C41H43N7O3/c1-41(2,3)51-40(50)47-36(31-9-5-4-6-10-31)39(49)48-24-8-12-35(48)38-43-25-32(45-38)22-15-27-13-16-28(17-14-27)29-18-20-30(21-19-29)34-26-44-37(46-34)33-11-7-23-42-33/h4-6,9-10,13-14,16-21,25-26,33,35-36,42H,7-8,11-12,23-24H2,1-3H3,(H,43,45)(H,44,46)(H,47,50)/t33-,35-,36+/m0/s1. The molecular formula is C41H43N7O3. The maximum atomic E-state index is 14.0. The lowest BCUT2D eigenvalue weighted by molar-refractivity contribution is -0.134. The van der Waals surface area contributed by atoms with Crippen LogP contribution in [0.5, 0.6) is 0 Å². The first kappa shape index (κ1) is 33.8. The highest BCUT2D eigenvalue weighted by molar-refractivity contribution is 5.87. The van der Waals surface area contributed by atoms with Gasteiger partial charge in [-0.05, 0) is 93.3 Å². The molecule has 3 aromatic carbocycles. The van der Waals surface area contributed by atoms with E-state index in [0.29, 0.717) is 29.7 Å². The number of carbonyl (C=O) groups is 2. The van der Waals surface area contributed by atoms with E-state index in [9.17, 15) is 9.59 Å². The summed E-state index contributed by atoms with van der Waals surface area (Å²) in [6, 6.07) is 25.1. The molecule has 0 bridgehead atoms. The molecule has 0 saturated carbocycles. The number of likely N-dealkylation sites (tertiary alicyclic amines) is 1. The minimum atomic E-state index is -0.889. The van der Waals surface area contributed by atoms with Crippen molar-refractivity contribution in [1.29, 1.82) is 0 Å². The summed E-state index contributed by atoms with van der Waals surface area (Å²) in [5.74, 6) is 7.90. The maximum absolute atomic E-state index is 14.0. The van der Waals surface area contributed by atoms with Crippen molar-refractivity contribution < 1.29 is 14.3 Å². The number of aromatic amines is 2. The van der Waals surface area contributed by atoms with Crippen LogP contribution in [-0.4, -0.2) is 55.5 Å². The molecule has 2 aromatic heterocycles. The number of amides is 2. The molecule has 5 aromatic rings. The molecule has 3 atom stereocenters. The van der Waals surface area contributed by atoms with Crippen molar-refractivity contribution in [2.75, 3.05) is 13.1 Å². The lowest BCUT2D eigenvalue weighted by Gasteiger charge is -2.29. The molecule has 0 unspecified atom stereocenters. The molecule has 0 spiro atoms. The molecule has 0 aliphatic carbocycles. The molecule has 2 aliphatic heterocycles. The Morgan fingerprint density at radius 3 is 2.25 bits per heavy atom. The van der Waals surface area contributed by atoms with Crippen molar-refractivity contribution in [2.45, 2.75) is 70.2 Å². The fraction of sp³-hybridized carbons (Fsp3) is 0.317. The van der Waals surface area contributed by atoms with Gasteiger partial charge < -0.3 is 30.2 Å². The van der Waals surface area contributed by atoms with Gasteiger partial charge in [0.25, 0.3) is 5.91 Å². The van der Waals surface area contributed by atoms with Gasteiger partial charge in [-0.2, -0.15) is 0 Å². The molecule has 2 amide bonds. The quantitative estimate of drug-likeness (QED) is 0.134. The van der Waals surface area contributed by atoms with E-state index in [1.54, 1.807) is 31.9 Å². The van der Waals surface area contributed by atoms with Crippen LogP contribution in [0, 0.1) is 11.8 Å². The first-order valence-corrected chi connectivity index (χ1v) is 17.6. The number of hydrogen-bond donors (Lipinski definition) is 4. The van der Waals surface area contributed by atoms with Gasteiger partial charge in [0.1, 0.15) is 29.0 Å². The van der Waals surface area contributed by atoms with Crippen LogP contribution in [-0.2, 0) is 9.53 Å². The summed E-state index contributed by atoms with van der Waals surface area (Å²) in [5.41, 5.74) is 5.91. The van der Waals surface area contributed by atoms with Gasteiger partial charge in [0.15, 0.2) is 0 Å². The average Bonchev–Trinajstić information content (AvgIpc) is 3.97. The summed E-state index contributed by atoms with van der Waals surface area (Å²) in [4.78, 5) is 44.6. The third-order valence-corrected chi connectivity index (χ3v) is 9.23. The smallest absolute Gasteiger partial charge is 0.408 e. The third kappa shape index (κ3) is 8.05. The minimum absolute atomic E-state index is 0.208. The molecular weight excluding hydrogens is 638 g/mol. The molecule has 51 heavy (non-hydrogen) atoms. The molecule has 10 nitrogen and oxygen atoms in total. The highest BCUT2D eigenvalue weighted by Gasteiger charge is 2.37. The molecule has 2 saturated heterocycles. The van der Waals surface area contributed by atoms with Gasteiger partial charge in [-0.15, -0.1) is 0 Å². The summed E-state index contributed by atoms with van der Waals surface area (Å²) in [6.45, 7) is 6.98. The topological polar surface area (TPSA) is 128 Å². The zero-order valence-electron chi connectivity index (χ0n) is 29.2. The van der Waals surface area contributed by atoms with Crippen LogP contribution in [0.3, 0.4) is 0 Å². The zero-order valence-corrected chi connectivity index (χ0v) is 29.2. The first-order chi connectivity index (χ1) is 24.7. The van der Waals surface area contributed by atoms with E-state index in [1.807, 2.05) is 48.7 Å². The number of alkyl carbamates (subject to hydrolysis) is 1. The Hall–Kier alpha value is -5.66. The Morgan fingerprint density at radius 2 is 1.55 bits per heavy atom. The second kappa shape index (κ2) is 14.7. The lowest BCUT2D eigenvalue weighted by atomic mass is 10.0. The van der Waals surface area contributed by atoms with E-state index in [2.05, 4.69) is 78.8 Å². The number of carbonyl (C=O) groups excluding carboxylic acids is 2. The van der Waals surface area contributed by atoms with E-state index in [-0.39, 0.29) is 11.9 Å². The van der Waals surface area contributed by atoms with Crippen LogP contribution < -0.4 is 10.6 Å². The van der Waals surface area contributed by atoms with Crippen molar-refractivity contribution in [3.8, 4) is 34.2 Å². The minimum Gasteiger partial charge on any atom is -0.444 e. The summed E-state index contributed by atoms with van der Waals surface area (Å²) < 4.78 is 5.48. The predicted molar refractivity (Wildman–Crippen MR) is 196 cm³/mol. The number of ether oxygens (including phenoxy) is 1. The molecule has 4 N–H and O–H groups in total. The van der Waals surface area contributed by atoms with Crippen LogP contribution >= 0.6 is 0 Å². The Labute approximate surface area is 298 Å². The maximum Gasteiger partial charge on any atom is 0.408 e. The van der Waals surface area contributed by atoms with E-state index < -0.39 is 17.7 Å². The Bertz CT molecular complexity index is 2030. The van der Waals surface area contributed by atoms with E-state index in [0.717, 1.165) is 59.6 Å². The van der Waals surface area contributed by atoms with Crippen LogP contribution in [0.15, 0.2) is 91.3 Å². The number of benzene rings is 3. The third-order valence-electron chi connectivity index (χ3n) is 9.23. The Kier molecular flexibility index (Phi) is 9.73. The van der Waals surface area contributed by atoms with E-state index in [1.165, 1.54) is 6.42 Å². The Balaban J connectivity index is 1.00. The van der Waals surface area contributed by atoms with Gasteiger partial charge in [0.05, 0.1) is 30.2 Å². The summed E-state index contributed by atoms with van der Waals surface area (Å²) in [7, 11) is 0. The molecule has 2 fully saturated rings. The highest BCUT2D eigenvalue weighted by atomic mass is 16.6. The predicted octanol–water partition coefficient (Wildman–Crippen LogP) is 7.22. The summed E-state index contributed by atoms with van der Waals surface area (Å²) in [5, 5.41) is 6.30. The van der Waals surface area contributed by atoms with Crippen LogP contribution in [0.1, 0.15) is 93.0 Å². The molecule has 2 aliphatic rings. The van der Waals surface area contributed by atoms with Crippen molar-refractivity contribution >= 4 is 12.0 Å². The molecule has 7 rings (SSSR count). The summed E-state index contributed by atoms with van der Waals surface area (Å²) in [6.07, 6.45) is 6.86. The van der Waals surface area contributed by atoms with Crippen molar-refractivity contribution in [1.82, 2.24) is 35.5 Å². The van der Waals surface area contributed by atoms with Crippen molar-refractivity contribution in [3.05, 3.63) is 120 Å². The van der Waals surface area contributed by atoms with E-state index >= 15 is 0 Å². The van der Waals surface area contributed by atoms with Gasteiger partial charge in [-0.3, -0.25) is 4.79 Å². The van der Waals surface area contributed by atoms with E-state index in [4.69, 9.17) is 4.74 Å². The second-order valence-electron chi connectivity index (χ2n) is 14.1. The number of hydrogen-bond acceptors (Lipinski definition) is 6. The number of nitrogens with one attached hydrogen (secondary N) is 4. The zero-order chi connectivity index (χ0) is 35.4. The van der Waals surface area contributed by atoms with Gasteiger partial charge in [-0.1, -0.05) is 72.7 Å². The van der Waals surface area contributed by atoms with Crippen LogP contribution in [0.4, 0.5) is 4.79 Å². The van der Waals surface area contributed by atoms with Gasteiger partial charge in [-0.25, -0.2) is 14.8 Å². The SMILES string of the molecule is CC(C)(C)OC(=O)N[C@@H](C(=O)N1CCC[C@H]1c1ncc(C#Cc2ccc(-c3ccc(-c4cnc([C@@H]5CCCN5)[nH]4)cc3)cc2)[nH]1)c1ccccc1. The van der Waals surface area contributed by atoms with Crippen LogP contribution in [0.2, 0.25) is 0 Å².